The van der Waals surface area contributed by atoms with Crippen molar-refractivity contribution in [2.45, 2.75) is 48.1 Å². The highest BCUT2D eigenvalue weighted by atomic mass is 16.6. The molecule has 6 heteroatoms. The Morgan fingerprint density at radius 3 is 2.47 bits per heavy atom. The van der Waals surface area contributed by atoms with Crippen LogP contribution in [0.3, 0.4) is 0 Å². The first-order valence-corrected chi connectivity index (χ1v) is 6.66. The van der Waals surface area contributed by atoms with Gasteiger partial charge in [-0.15, -0.1) is 0 Å². The molecule has 0 atom stereocenters. The molecule has 0 spiro atoms. The summed E-state index contributed by atoms with van der Waals surface area (Å²) in [6.07, 6.45) is 0. The number of nitro groups is 1. The number of hydrogen-bond donors (Lipinski definition) is 1. The van der Waals surface area contributed by atoms with Gasteiger partial charge in [-0.3, -0.25) is 10.1 Å². The summed E-state index contributed by atoms with van der Waals surface area (Å²) in [6.45, 7) is 13.5. The average Bonchev–Trinajstić information content (AvgIpc) is 2.62. The zero-order chi connectivity index (χ0) is 14.8. The maximum absolute atomic E-state index is 11.1. The van der Waals surface area contributed by atoms with Crippen LogP contribution in [0.15, 0.2) is 0 Å². The molecule has 0 radical (unpaired) electrons. The molecular formula is C13H24N4O2. The Hall–Kier alpha value is -1.59. The molecule has 19 heavy (non-hydrogen) atoms. The quantitative estimate of drug-likeness (QED) is 0.635. The Balaban J connectivity index is 3.03. The fraction of sp³-hybridized carbons (Fsp3) is 0.769. The lowest BCUT2D eigenvalue weighted by Crippen LogP contribution is -2.29. The second-order valence-electron chi connectivity index (χ2n) is 5.85. The molecule has 1 N–H and O–H groups in total. The van der Waals surface area contributed by atoms with Crippen LogP contribution < -0.4 is 5.32 Å². The third kappa shape index (κ3) is 3.24. The highest BCUT2D eigenvalue weighted by Crippen LogP contribution is 2.31. The first-order valence-electron chi connectivity index (χ1n) is 6.66. The Morgan fingerprint density at radius 2 is 2.05 bits per heavy atom. The van der Waals surface area contributed by atoms with E-state index >= 15 is 0 Å². The van der Waals surface area contributed by atoms with Gasteiger partial charge < -0.3 is 5.32 Å². The molecule has 0 saturated heterocycles. The van der Waals surface area contributed by atoms with Crippen LogP contribution in [-0.2, 0) is 6.54 Å². The monoisotopic (exact) mass is 268 g/mol. The summed E-state index contributed by atoms with van der Waals surface area (Å²) < 4.78 is 1.66. The van der Waals surface area contributed by atoms with Crippen molar-refractivity contribution >= 4 is 11.5 Å². The predicted octanol–water partition coefficient (Wildman–Crippen LogP) is 3.21. The topological polar surface area (TPSA) is 73.0 Å². The third-order valence-electron chi connectivity index (χ3n) is 3.85. The minimum Gasteiger partial charge on any atom is -0.364 e. The molecule has 0 saturated carbocycles. The highest BCUT2D eigenvalue weighted by Gasteiger charge is 2.28. The molecule has 0 fully saturated rings. The van der Waals surface area contributed by atoms with Gasteiger partial charge in [-0.05, 0) is 25.2 Å². The van der Waals surface area contributed by atoms with E-state index in [0.717, 1.165) is 0 Å². The van der Waals surface area contributed by atoms with E-state index in [2.05, 4.69) is 38.1 Å². The smallest absolute Gasteiger partial charge is 0.333 e. The van der Waals surface area contributed by atoms with Crippen molar-refractivity contribution in [3.63, 3.8) is 0 Å². The molecule has 0 aliphatic heterocycles. The maximum atomic E-state index is 11.1. The van der Waals surface area contributed by atoms with Crippen LogP contribution in [0.4, 0.5) is 11.5 Å². The molecular weight excluding hydrogens is 244 g/mol. The van der Waals surface area contributed by atoms with E-state index in [0.29, 0.717) is 30.5 Å². The molecule has 0 aliphatic rings. The SMILES string of the molecule is CCn1nc(C)c([N+](=O)[O-])c1NCC(C)(C)C(C)C. The van der Waals surface area contributed by atoms with Gasteiger partial charge in [-0.25, -0.2) is 4.68 Å². The summed E-state index contributed by atoms with van der Waals surface area (Å²) in [5.41, 5.74) is 0.600. The van der Waals surface area contributed by atoms with Gasteiger partial charge in [-0.1, -0.05) is 27.7 Å². The first kappa shape index (κ1) is 15.5. The van der Waals surface area contributed by atoms with Crippen molar-refractivity contribution in [2.75, 3.05) is 11.9 Å². The van der Waals surface area contributed by atoms with Crippen LogP contribution in [0.2, 0.25) is 0 Å². The Bertz CT molecular complexity index is 463. The number of nitrogens with zero attached hydrogens (tertiary/aromatic N) is 3. The number of anilines is 1. The van der Waals surface area contributed by atoms with Gasteiger partial charge >= 0.3 is 5.69 Å². The van der Waals surface area contributed by atoms with Crippen LogP contribution in [0.1, 0.15) is 40.3 Å². The molecule has 0 unspecified atom stereocenters. The molecule has 0 aliphatic carbocycles. The van der Waals surface area contributed by atoms with Gasteiger partial charge in [0.2, 0.25) is 5.82 Å². The summed E-state index contributed by atoms with van der Waals surface area (Å²) in [7, 11) is 0. The second-order valence-corrected chi connectivity index (χ2v) is 5.85. The highest BCUT2D eigenvalue weighted by molar-refractivity contribution is 5.59. The minimum absolute atomic E-state index is 0.0601. The van der Waals surface area contributed by atoms with Crippen LogP contribution in [0, 0.1) is 28.4 Å². The minimum atomic E-state index is -0.362. The molecule has 108 valence electrons. The average molecular weight is 268 g/mol. The van der Waals surface area contributed by atoms with E-state index in [1.54, 1.807) is 11.6 Å². The Morgan fingerprint density at radius 1 is 1.47 bits per heavy atom. The molecule has 1 rings (SSSR count). The summed E-state index contributed by atoms with van der Waals surface area (Å²) in [6, 6.07) is 0. The van der Waals surface area contributed by atoms with Gasteiger partial charge in [-0.2, -0.15) is 5.10 Å². The number of rotatable bonds is 6. The second kappa shape index (κ2) is 5.59. The molecule has 0 amide bonds. The van der Waals surface area contributed by atoms with Crippen molar-refractivity contribution in [1.82, 2.24) is 9.78 Å². The van der Waals surface area contributed by atoms with Crippen molar-refractivity contribution in [1.29, 1.82) is 0 Å². The van der Waals surface area contributed by atoms with Crippen LogP contribution in [0.25, 0.3) is 0 Å². The number of nitrogens with one attached hydrogen (secondary N) is 1. The molecule has 1 heterocycles. The summed E-state index contributed by atoms with van der Waals surface area (Å²) >= 11 is 0. The van der Waals surface area contributed by atoms with E-state index in [1.165, 1.54) is 0 Å². The summed E-state index contributed by atoms with van der Waals surface area (Å²) in [5, 5.41) is 18.6. The molecule has 0 bridgehead atoms. The maximum Gasteiger partial charge on any atom is 0.333 e. The standard InChI is InChI=1S/C13H24N4O2/c1-7-16-12(11(17(18)19)10(4)15-16)14-8-13(5,6)9(2)3/h9,14H,7-8H2,1-6H3. The zero-order valence-corrected chi connectivity index (χ0v) is 12.6. The van der Waals surface area contributed by atoms with Crippen molar-refractivity contribution in [3.05, 3.63) is 15.8 Å². The van der Waals surface area contributed by atoms with Crippen LogP contribution >= 0.6 is 0 Å². The van der Waals surface area contributed by atoms with E-state index in [9.17, 15) is 10.1 Å². The Kier molecular flexibility index (Phi) is 4.55. The van der Waals surface area contributed by atoms with Crippen LogP contribution in [0.5, 0.6) is 0 Å². The summed E-state index contributed by atoms with van der Waals surface area (Å²) in [4.78, 5) is 10.8. The molecule has 6 nitrogen and oxygen atoms in total. The molecule has 1 aromatic rings. The van der Waals surface area contributed by atoms with Crippen molar-refractivity contribution < 1.29 is 4.92 Å². The normalized spacial score (nSPS) is 11.9. The van der Waals surface area contributed by atoms with E-state index < -0.39 is 0 Å². The zero-order valence-electron chi connectivity index (χ0n) is 12.6. The first-order chi connectivity index (χ1) is 8.70. The molecule has 0 aromatic carbocycles. The number of hydrogen-bond acceptors (Lipinski definition) is 4. The lowest BCUT2D eigenvalue weighted by molar-refractivity contribution is -0.384. The van der Waals surface area contributed by atoms with Crippen LogP contribution in [-0.4, -0.2) is 21.2 Å². The van der Waals surface area contributed by atoms with Crippen molar-refractivity contribution in [2.24, 2.45) is 11.3 Å². The third-order valence-corrected chi connectivity index (χ3v) is 3.85. The van der Waals surface area contributed by atoms with Gasteiger partial charge in [0.05, 0.1) is 4.92 Å². The van der Waals surface area contributed by atoms with Gasteiger partial charge in [0.1, 0.15) is 5.69 Å². The largest absolute Gasteiger partial charge is 0.364 e. The van der Waals surface area contributed by atoms with Gasteiger partial charge in [0.15, 0.2) is 0 Å². The fourth-order valence-corrected chi connectivity index (χ4v) is 1.71. The molecule has 1 aromatic heterocycles. The fourth-order valence-electron chi connectivity index (χ4n) is 1.71. The van der Waals surface area contributed by atoms with Gasteiger partial charge in [0.25, 0.3) is 0 Å². The number of aryl methyl sites for hydroxylation is 2. The van der Waals surface area contributed by atoms with E-state index in [4.69, 9.17) is 0 Å². The van der Waals surface area contributed by atoms with Gasteiger partial charge in [0, 0.05) is 13.1 Å². The van der Waals surface area contributed by atoms with E-state index in [-0.39, 0.29) is 16.0 Å². The number of aromatic nitrogens is 2. The summed E-state index contributed by atoms with van der Waals surface area (Å²) in [5.74, 6) is 0.997. The van der Waals surface area contributed by atoms with Crippen molar-refractivity contribution in [3.8, 4) is 0 Å². The lowest BCUT2D eigenvalue weighted by Gasteiger charge is -2.29. The predicted molar refractivity (Wildman–Crippen MR) is 76.4 cm³/mol. The van der Waals surface area contributed by atoms with E-state index in [1.807, 2.05) is 6.92 Å². The Labute approximate surface area is 114 Å². The lowest BCUT2D eigenvalue weighted by atomic mass is 9.81.